The van der Waals surface area contributed by atoms with Crippen LogP contribution in [0.3, 0.4) is 0 Å². The minimum Gasteiger partial charge on any atom is -0.497 e. The smallest absolute Gasteiger partial charge is 0.410 e. The molecule has 0 spiro atoms. The van der Waals surface area contributed by atoms with Crippen molar-refractivity contribution in [3.63, 3.8) is 0 Å². The van der Waals surface area contributed by atoms with Gasteiger partial charge in [0.1, 0.15) is 11.4 Å². The second-order valence-electron chi connectivity index (χ2n) is 6.40. The van der Waals surface area contributed by atoms with Crippen LogP contribution in [0.4, 0.5) is 9.59 Å². The molecule has 140 valence electrons. The Morgan fingerprint density at radius 1 is 1.16 bits per heavy atom. The van der Waals surface area contributed by atoms with Crippen molar-refractivity contribution in [1.29, 1.82) is 0 Å². The summed E-state index contributed by atoms with van der Waals surface area (Å²) in [5.41, 5.74) is 0.375. The van der Waals surface area contributed by atoms with Gasteiger partial charge in [0.25, 0.3) is 0 Å². The largest absolute Gasteiger partial charge is 0.497 e. The molecule has 1 aromatic carbocycles. The highest BCUT2D eigenvalue weighted by atomic mass is 16.6. The molecule has 2 amide bonds. The number of methoxy groups -OCH3 is 1. The molecule has 0 heterocycles. The topological polar surface area (TPSA) is 77.1 Å². The Bertz CT molecular complexity index is 552. The van der Waals surface area contributed by atoms with Crippen molar-refractivity contribution in [3.8, 4) is 5.75 Å². The third kappa shape index (κ3) is 8.28. The average molecular weight is 352 g/mol. The number of benzene rings is 1. The molecule has 1 aromatic rings. The highest BCUT2D eigenvalue weighted by Crippen LogP contribution is 2.13. The van der Waals surface area contributed by atoms with Crippen LogP contribution in [-0.2, 0) is 16.0 Å². The molecule has 0 radical (unpaired) electrons. The van der Waals surface area contributed by atoms with Crippen molar-refractivity contribution in [3.05, 3.63) is 29.8 Å². The normalized spacial score (nSPS) is 10.8. The van der Waals surface area contributed by atoms with Crippen LogP contribution in [-0.4, -0.2) is 49.5 Å². The molecule has 0 unspecified atom stereocenters. The van der Waals surface area contributed by atoms with E-state index in [1.807, 2.05) is 24.3 Å². The third-order valence-electron chi connectivity index (χ3n) is 3.11. The molecule has 0 aliphatic rings. The van der Waals surface area contributed by atoms with E-state index in [4.69, 9.17) is 14.2 Å². The van der Waals surface area contributed by atoms with Gasteiger partial charge in [-0.05, 0) is 45.4 Å². The van der Waals surface area contributed by atoms with E-state index in [1.54, 1.807) is 34.8 Å². The van der Waals surface area contributed by atoms with Crippen molar-refractivity contribution in [1.82, 2.24) is 10.2 Å². The van der Waals surface area contributed by atoms with Crippen LogP contribution < -0.4 is 10.1 Å². The number of nitrogens with zero attached hydrogens (tertiary/aromatic N) is 1. The monoisotopic (exact) mass is 352 g/mol. The molecule has 0 saturated heterocycles. The van der Waals surface area contributed by atoms with Crippen LogP contribution in [0, 0.1) is 0 Å². The lowest BCUT2D eigenvalue weighted by Gasteiger charge is -2.23. The van der Waals surface area contributed by atoms with Gasteiger partial charge in [0.15, 0.2) is 0 Å². The zero-order valence-electron chi connectivity index (χ0n) is 15.6. The van der Waals surface area contributed by atoms with E-state index in [0.29, 0.717) is 13.1 Å². The third-order valence-corrected chi connectivity index (χ3v) is 3.11. The summed E-state index contributed by atoms with van der Waals surface area (Å²) in [6.45, 7) is 8.37. The lowest BCUT2D eigenvalue weighted by atomic mass is 10.2. The first-order valence-corrected chi connectivity index (χ1v) is 8.26. The van der Waals surface area contributed by atoms with Crippen LogP contribution in [0.25, 0.3) is 0 Å². The number of hydrogen-bond acceptors (Lipinski definition) is 5. The molecule has 0 saturated carbocycles. The number of nitrogens with one attached hydrogen (secondary N) is 1. The van der Waals surface area contributed by atoms with E-state index in [9.17, 15) is 9.59 Å². The molecule has 25 heavy (non-hydrogen) atoms. The lowest BCUT2D eigenvalue weighted by molar-refractivity contribution is 0.0516. The Labute approximate surface area is 149 Å². The number of amides is 2. The van der Waals surface area contributed by atoms with Crippen LogP contribution in [0.1, 0.15) is 33.3 Å². The molecule has 7 nitrogen and oxygen atoms in total. The SMILES string of the molecule is CCOC(=O)N(CCNC(=O)OC(C)(C)C)Cc1ccc(OC)cc1. The van der Waals surface area contributed by atoms with E-state index in [0.717, 1.165) is 11.3 Å². The summed E-state index contributed by atoms with van der Waals surface area (Å²) in [4.78, 5) is 25.3. The Kier molecular flexibility index (Phi) is 8.04. The van der Waals surface area contributed by atoms with Crippen molar-refractivity contribution in [2.45, 2.75) is 39.8 Å². The molecule has 1 N–H and O–H groups in total. The first-order chi connectivity index (χ1) is 11.7. The van der Waals surface area contributed by atoms with Gasteiger partial charge in [-0.1, -0.05) is 12.1 Å². The van der Waals surface area contributed by atoms with E-state index < -0.39 is 17.8 Å². The molecule has 0 atom stereocenters. The zero-order chi connectivity index (χ0) is 18.9. The second-order valence-corrected chi connectivity index (χ2v) is 6.40. The minimum atomic E-state index is -0.562. The Morgan fingerprint density at radius 3 is 2.32 bits per heavy atom. The summed E-state index contributed by atoms with van der Waals surface area (Å²) in [6, 6.07) is 7.42. The Morgan fingerprint density at radius 2 is 1.80 bits per heavy atom. The predicted octanol–water partition coefficient (Wildman–Crippen LogP) is 3.18. The lowest BCUT2D eigenvalue weighted by Crippen LogP contribution is -2.40. The van der Waals surface area contributed by atoms with Gasteiger partial charge in [0, 0.05) is 19.6 Å². The number of rotatable bonds is 7. The molecule has 0 bridgehead atoms. The zero-order valence-corrected chi connectivity index (χ0v) is 15.6. The summed E-state index contributed by atoms with van der Waals surface area (Å²) < 4.78 is 15.4. The van der Waals surface area contributed by atoms with Gasteiger partial charge >= 0.3 is 12.2 Å². The summed E-state index contributed by atoms with van der Waals surface area (Å²) in [6.07, 6.45) is -0.940. The van der Waals surface area contributed by atoms with E-state index in [2.05, 4.69) is 5.32 Å². The van der Waals surface area contributed by atoms with Gasteiger partial charge in [0.2, 0.25) is 0 Å². The van der Waals surface area contributed by atoms with Crippen molar-refractivity contribution in [2.24, 2.45) is 0 Å². The summed E-state index contributed by atoms with van der Waals surface area (Å²) >= 11 is 0. The highest BCUT2D eigenvalue weighted by molar-refractivity contribution is 5.69. The summed E-state index contributed by atoms with van der Waals surface area (Å²) in [5, 5.41) is 2.64. The maximum atomic E-state index is 12.1. The van der Waals surface area contributed by atoms with Gasteiger partial charge in [-0.2, -0.15) is 0 Å². The van der Waals surface area contributed by atoms with Gasteiger partial charge in [-0.25, -0.2) is 9.59 Å². The minimum absolute atomic E-state index is 0.268. The Balaban J connectivity index is 2.60. The van der Waals surface area contributed by atoms with E-state index >= 15 is 0 Å². The van der Waals surface area contributed by atoms with Crippen molar-refractivity contribution in [2.75, 3.05) is 26.8 Å². The molecule has 0 fully saturated rings. The molecule has 7 heteroatoms. The first-order valence-electron chi connectivity index (χ1n) is 8.26. The fraction of sp³-hybridized carbons (Fsp3) is 0.556. The second kappa shape index (κ2) is 9.76. The van der Waals surface area contributed by atoms with Crippen LogP contribution in [0.5, 0.6) is 5.75 Å². The molecular weight excluding hydrogens is 324 g/mol. The maximum Gasteiger partial charge on any atom is 0.410 e. The van der Waals surface area contributed by atoms with Crippen molar-refractivity contribution < 1.29 is 23.8 Å². The number of ether oxygens (including phenoxy) is 3. The average Bonchev–Trinajstić information content (AvgIpc) is 2.53. The molecule has 0 aliphatic heterocycles. The quantitative estimate of drug-likeness (QED) is 0.815. The van der Waals surface area contributed by atoms with Crippen LogP contribution in [0.2, 0.25) is 0 Å². The van der Waals surface area contributed by atoms with Gasteiger partial charge in [0.05, 0.1) is 13.7 Å². The molecule has 0 aliphatic carbocycles. The maximum absolute atomic E-state index is 12.1. The number of hydrogen-bond donors (Lipinski definition) is 1. The fourth-order valence-electron chi connectivity index (χ4n) is 2.01. The summed E-state index contributed by atoms with van der Waals surface area (Å²) in [5.74, 6) is 0.748. The molecule has 0 aromatic heterocycles. The highest BCUT2D eigenvalue weighted by Gasteiger charge is 2.18. The molecule has 1 rings (SSSR count). The standard InChI is InChI=1S/C18H28N2O5/c1-6-24-17(22)20(12-11-19-16(21)25-18(2,3)4)13-14-7-9-15(23-5)10-8-14/h7-10H,6,11-13H2,1-5H3,(H,19,21). The number of carbonyl (C=O) groups excluding carboxylic acids is 2. The summed E-state index contributed by atoms with van der Waals surface area (Å²) in [7, 11) is 1.60. The number of carbonyl (C=O) groups is 2. The predicted molar refractivity (Wildman–Crippen MR) is 94.7 cm³/mol. The molecular formula is C18H28N2O5. The van der Waals surface area contributed by atoms with Crippen LogP contribution in [0.15, 0.2) is 24.3 Å². The Hall–Kier alpha value is -2.44. The first kappa shape index (κ1) is 20.6. The van der Waals surface area contributed by atoms with Crippen LogP contribution >= 0.6 is 0 Å². The fourth-order valence-corrected chi connectivity index (χ4v) is 2.01. The van der Waals surface area contributed by atoms with E-state index in [-0.39, 0.29) is 13.2 Å². The van der Waals surface area contributed by atoms with Crippen molar-refractivity contribution >= 4 is 12.2 Å². The van der Waals surface area contributed by atoms with Gasteiger partial charge < -0.3 is 24.4 Å². The van der Waals surface area contributed by atoms with Gasteiger partial charge in [-0.3, -0.25) is 0 Å². The number of alkyl carbamates (subject to hydrolysis) is 1. The van der Waals surface area contributed by atoms with Gasteiger partial charge in [-0.15, -0.1) is 0 Å². The van der Waals surface area contributed by atoms with E-state index in [1.165, 1.54) is 4.90 Å².